The number of urea groups is 1. The fourth-order valence-electron chi connectivity index (χ4n) is 1.64. The molecule has 4 N–H and O–H groups in total. The Kier molecular flexibility index (Phi) is 3.92. The van der Waals surface area contributed by atoms with Gasteiger partial charge in [-0.05, 0) is 42.8 Å². The van der Waals surface area contributed by atoms with Crippen molar-refractivity contribution in [2.45, 2.75) is 6.92 Å². The first-order chi connectivity index (χ1) is 9.04. The molecule has 0 saturated heterocycles. The van der Waals surface area contributed by atoms with Crippen LogP contribution < -0.4 is 16.4 Å². The SMILES string of the molecule is Cc1ccc(Cl)c(NC(=O)Nc2cccc(N)c2)c1. The van der Waals surface area contributed by atoms with Crippen molar-refractivity contribution in [2.75, 3.05) is 16.4 Å². The number of anilines is 3. The lowest BCUT2D eigenvalue weighted by molar-refractivity contribution is 0.262. The Morgan fingerprint density at radius 3 is 2.68 bits per heavy atom. The van der Waals surface area contributed by atoms with Crippen molar-refractivity contribution < 1.29 is 4.79 Å². The fraction of sp³-hybridized carbons (Fsp3) is 0.0714. The highest BCUT2D eigenvalue weighted by molar-refractivity contribution is 6.33. The molecule has 2 aromatic rings. The van der Waals surface area contributed by atoms with Gasteiger partial charge in [0.15, 0.2) is 0 Å². The number of halogens is 1. The summed E-state index contributed by atoms with van der Waals surface area (Å²) in [6, 6.07) is 12.0. The molecule has 0 aromatic heterocycles. The number of carbonyl (C=O) groups is 1. The molecular weight excluding hydrogens is 262 g/mol. The first-order valence-corrected chi connectivity index (χ1v) is 6.12. The minimum Gasteiger partial charge on any atom is -0.399 e. The van der Waals surface area contributed by atoms with E-state index in [0.29, 0.717) is 22.1 Å². The molecule has 0 heterocycles. The van der Waals surface area contributed by atoms with Crippen molar-refractivity contribution in [3.05, 3.63) is 53.1 Å². The fourth-order valence-corrected chi connectivity index (χ4v) is 1.80. The Labute approximate surface area is 116 Å². The van der Waals surface area contributed by atoms with E-state index in [1.165, 1.54) is 0 Å². The number of nitrogen functional groups attached to an aromatic ring is 1. The summed E-state index contributed by atoms with van der Waals surface area (Å²) in [6.07, 6.45) is 0. The minimum atomic E-state index is -0.363. The predicted octanol–water partition coefficient (Wildman–Crippen LogP) is 3.87. The Morgan fingerprint density at radius 2 is 1.95 bits per heavy atom. The van der Waals surface area contributed by atoms with Crippen LogP contribution in [0.2, 0.25) is 5.02 Å². The Bertz CT molecular complexity index is 613. The quantitative estimate of drug-likeness (QED) is 0.728. The lowest BCUT2D eigenvalue weighted by atomic mass is 10.2. The molecule has 0 aliphatic rings. The molecule has 19 heavy (non-hydrogen) atoms. The number of rotatable bonds is 2. The molecule has 2 amide bonds. The van der Waals surface area contributed by atoms with Crippen molar-refractivity contribution in [2.24, 2.45) is 0 Å². The summed E-state index contributed by atoms with van der Waals surface area (Å²) >= 11 is 6.01. The van der Waals surface area contributed by atoms with Gasteiger partial charge in [-0.15, -0.1) is 0 Å². The third-order valence-electron chi connectivity index (χ3n) is 2.51. The molecule has 0 unspecified atom stereocenters. The molecule has 0 bridgehead atoms. The molecule has 4 nitrogen and oxygen atoms in total. The maximum absolute atomic E-state index is 11.8. The topological polar surface area (TPSA) is 67.2 Å². The zero-order valence-corrected chi connectivity index (χ0v) is 11.2. The second-order valence-electron chi connectivity index (χ2n) is 4.19. The average molecular weight is 276 g/mol. The number of nitrogens with one attached hydrogen (secondary N) is 2. The molecule has 0 aliphatic carbocycles. The Morgan fingerprint density at radius 1 is 1.16 bits per heavy atom. The maximum Gasteiger partial charge on any atom is 0.323 e. The van der Waals surface area contributed by atoms with Crippen molar-refractivity contribution >= 4 is 34.7 Å². The van der Waals surface area contributed by atoms with Gasteiger partial charge in [-0.2, -0.15) is 0 Å². The van der Waals surface area contributed by atoms with Gasteiger partial charge < -0.3 is 16.4 Å². The van der Waals surface area contributed by atoms with E-state index in [4.69, 9.17) is 17.3 Å². The van der Waals surface area contributed by atoms with Gasteiger partial charge >= 0.3 is 6.03 Å². The van der Waals surface area contributed by atoms with Gasteiger partial charge in [0, 0.05) is 11.4 Å². The molecular formula is C14H14ClN3O. The van der Waals surface area contributed by atoms with Gasteiger partial charge in [0.1, 0.15) is 0 Å². The molecule has 0 aliphatic heterocycles. The molecule has 2 rings (SSSR count). The first-order valence-electron chi connectivity index (χ1n) is 5.74. The van der Waals surface area contributed by atoms with Crippen LogP contribution in [0.5, 0.6) is 0 Å². The van der Waals surface area contributed by atoms with Crippen LogP contribution in [0.15, 0.2) is 42.5 Å². The van der Waals surface area contributed by atoms with E-state index in [-0.39, 0.29) is 6.03 Å². The highest BCUT2D eigenvalue weighted by Gasteiger charge is 2.06. The van der Waals surface area contributed by atoms with E-state index in [1.807, 2.05) is 13.0 Å². The number of benzene rings is 2. The summed E-state index contributed by atoms with van der Waals surface area (Å²) < 4.78 is 0. The molecule has 0 atom stereocenters. The summed E-state index contributed by atoms with van der Waals surface area (Å²) in [5, 5.41) is 5.88. The lowest BCUT2D eigenvalue weighted by Crippen LogP contribution is -2.19. The second kappa shape index (κ2) is 5.63. The second-order valence-corrected chi connectivity index (χ2v) is 4.60. The summed E-state index contributed by atoms with van der Waals surface area (Å²) in [5.74, 6) is 0. The average Bonchev–Trinajstić information content (AvgIpc) is 2.34. The molecule has 5 heteroatoms. The number of hydrogen-bond acceptors (Lipinski definition) is 2. The van der Waals surface area contributed by atoms with Crippen molar-refractivity contribution in [3.8, 4) is 0 Å². The van der Waals surface area contributed by atoms with Crippen LogP contribution in [0, 0.1) is 6.92 Å². The van der Waals surface area contributed by atoms with Crippen LogP contribution in [-0.4, -0.2) is 6.03 Å². The molecule has 0 saturated carbocycles. The Hall–Kier alpha value is -2.20. The van der Waals surface area contributed by atoms with E-state index >= 15 is 0 Å². The molecule has 2 aromatic carbocycles. The summed E-state index contributed by atoms with van der Waals surface area (Å²) in [5.41, 5.74) is 8.44. The zero-order chi connectivity index (χ0) is 13.8. The summed E-state index contributed by atoms with van der Waals surface area (Å²) in [6.45, 7) is 1.93. The van der Waals surface area contributed by atoms with Crippen molar-refractivity contribution in [1.29, 1.82) is 0 Å². The number of aryl methyl sites for hydroxylation is 1. The van der Waals surface area contributed by atoms with Crippen LogP contribution >= 0.6 is 11.6 Å². The van der Waals surface area contributed by atoms with E-state index < -0.39 is 0 Å². The highest BCUT2D eigenvalue weighted by Crippen LogP contribution is 2.23. The van der Waals surface area contributed by atoms with Gasteiger partial charge in [0.05, 0.1) is 10.7 Å². The normalized spacial score (nSPS) is 10.0. The van der Waals surface area contributed by atoms with Crippen molar-refractivity contribution in [3.63, 3.8) is 0 Å². The molecule has 0 radical (unpaired) electrons. The van der Waals surface area contributed by atoms with Gasteiger partial charge in [-0.1, -0.05) is 23.7 Å². The van der Waals surface area contributed by atoms with Crippen LogP contribution in [0.1, 0.15) is 5.56 Å². The zero-order valence-electron chi connectivity index (χ0n) is 10.4. The van der Waals surface area contributed by atoms with E-state index in [2.05, 4.69) is 10.6 Å². The van der Waals surface area contributed by atoms with Crippen LogP contribution in [0.4, 0.5) is 21.9 Å². The summed E-state index contributed by atoms with van der Waals surface area (Å²) in [4.78, 5) is 11.8. The van der Waals surface area contributed by atoms with E-state index in [9.17, 15) is 4.79 Å². The van der Waals surface area contributed by atoms with Crippen LogP contribution in [-0.2, 0) is 0 Å². The van der Waals surface area contributed by atoms with E-state index in [0.717, 1.165) is 5.56 Å². The number of amides is 2. The molecule has 0 fully saturated rings. The monoisotopic (exact) mass is 275 g/mol. The van der Waals surface area contributed by atoms with E-state index in [1.54, 1.807) is 36.4 Å². The molecule has 0 spiro atoms. The van der Waals surface area contributed by atoms with Gasteiger partial charge in [0.25, 0.3) is 0 Å². The van der Waals surface area contributed by atoms with Crippen LogP contribution in [0.25, 0.3) is 0 Å². The smallest absolute Gasteiger partial charge is 0.323 e. The third kappa shape index (κ3) is 3.63. The minimum absolute atomic E-state index is 0.363. The summed E-state index contributed by atoms with van der Waals surface area (Å²) in [7, 11) is 0. The predicted molar refractivity (Wildman–Crippen MR) is 79.7 cm³/mol. The lowest BCUT2D eigenvalue weighted by Gasteiger charge is -2.10. The van der Waals surface area contributed by atoms with Crippen molar-refractivity contribution in [1.82, 2.24) is 0 Å². The first kappa shape index (κ1) is 13.2. The van der Waals surface area contributed by atoms with Gasteiger partial charge in [-0.25, -0.2) is 4.79 Å². The standard InChI is InChI=1S/C14H14ClN3O/c1-9-5-6-12(15)13(7-9)18-14(19)17-11-4-2-3-10(16)8-11/h2-8H,16H2,1H3,(H2,17,18,19). The molecule has 98 valence electrons. The third-order valence-corrected chi connectivity index (χ3v) is 2.84. The van der Waals surface area contributed by atoms with Crippen LogP contribution in [0.3, 0.4) is 0 Å². The van der Waals surface area contributed by atoms with Gasteiger partial charge in [-0.3, -0.25) is 0 Å². The largest absolute Gasteiger partial charge is 0.399 e. The number of nitrogens with two attached hydrogens (primary N) is 1. The Balaban J connectivity index is 2.07. The van der Waals surface area contributed by atoms with Gasteiger partial charge in [0.2, 0.25) is 0 Å². The number of carbonyl (C=O) groups excluding carboxylic acids is 1. The highest BCUT2D eigenvalue weighted by atomic mass is 35.5. The maximum atomic E-state index is 11.8. The number of hydrogen-bond donors (Lipinski definition) is 3.